The molecule has 0 aliphatic rings. The van der Waals surface area contributed by atoms with E-state index in [0.717, 1.165) is 0 Å². The molecule has 0 saturated carbocycles. The molecule has 0 fully saturated rings. The zero-order valence-corrected chi connectivity index (χ0v) is 14.5. The van der Waals surface area contributed by atoms with Crippen molar-refractivity contribution in [1.82, 2.24) is 15.3 Å². The number of carbonyl (C=O) groups excluding carboxylic acids is 1. The number of hydrogen-bond donors (Lipinski definition) is 1. The van der Waals surface area contributed by atoms with Gasteiger partial charge in [0.25, 0.3) is 0 Å². The third-order valence-electron chi connectivity index (χ3n) is 2.83. The smallest absolute Gasteiger partial charge is 0.239 e. The van der Waals surface area contributed by atoms with Crippen LogP contribution in [0.5, 0.6) is 0 Å². The van der Waals surface area contributed by atoms with Gasteiger partial charge >= 0.3 is 0 Å². The molecule has 0 bridgehead atoms. The van der Waals surface area contributed by atoms with Crippen LogP contribution in [-0.2, 0) is 10.2 Å². The number of aromatic nitrogens is 2. The van der Waals surface area contributed by atoms with Crippen molar-refractivity contribution in [2.45, 2.75) is 40.0 Å². The second kappa shape index (κ2) is 7.07. The first kappa shape index (κ1) is 17.7. The maximum absolute atomic E-state index is 11.9. The molecular formula is C15H25ClN4O. The SMILES string of the molecule is CC(C)CNC(=O)CN(C)c1cc(Cl)nc(C(C)(C)C)n1. The summed E-state index contributed by atoms with van der Waals surface area (Å²) in [5, 5.41) is 3.27. The molecule has 21 heavy (non-hydrogen) atoms. The van der Waals surface area contributed by atoms with Gasteiger partial charge in [-0.15, -0.1) is 0 Å². The topological polar surface area (TPSA) is 58.1 Å². The van der Waals surface area contributed by atoms with Gasteiger partial charge in [0, 0.05) is 25.1 Å². The molecule has 1 amide bonds. The Hall–Kier alpha value is -1.36. The van der Waals surface area contributed by atoms with Crippen molar-refractivity contribution < 1.29 is 4.79 Å². The van der Waals surface area contributed by atoms with Gasteiger partial charge < -0.3 is 10.2 Å². The largest absolute Gasteiger partial charge is 0.354 e. The lowest BCUT2D eigenvalue weighted by atomic mass is 9.96. The van der Waals surface area contributed by atoms with Gasteiger partial charge in [0.05, 0.1) is 6.54 Å². The van der Waals surface area contributed by atoms with Gasteiger partial charge in [0.2, 0.25) is 5.91 Å². The molecule has 0 atom stereocenters. The molecule has 1 N–H and O–H groups in total. The highest BCUT2D eigenvalue weighted by Crippen LogP contribution is 2.23. The van der Waals surface area contributed by atoms with Crippen molar-refractivity contribution in [1.29, 1.82) is 0 Å². The number of likely N-dealkylation sites (N-methyl/N-ethyl adjacent to an activating group) is 1. The first-order valence-corrected chi connectivity index (χ1v) is 7.50. The van der Waals surface area contributed by atoms with E-state index < -0.39 is 0 Å². The third-order valence-corrected chi connectivity index (χ3v) is 3.03. The van der Waals surface area contributed by atoms with Crippen molar-refractivity contribution >= 4 is 23.3 Å². The normalized spacial score (nSPS) is 11.6. The lowest BCUT2D eigenvalue weighted by Gasteiger charge is -2.22. The van der Waals surface area contributed by atoms with Gasteiger partial charge in [-0.25, -0.2) is 9.97 Å². The molecule has 0 aromatic carbocycles. The average molecular weight is 313 g/mol. The van der Waals surface area contributed by atoms with E-state index in [1.165, 1.54) is 0 Å². The monoisotopic (exact) mass is 312 g/mol. The second-order valence-electron chi connectivity index (χ2n) is 6.68. The highest BCUT2D eigenvalue weighted by atomic mass is 35.5. The fourth-order valence-electron chi connectivity index (χ4n) is 1.61. The summed E-state index contributed by atoms with van der Waals surface area (Å²) in [5.41, 5.74) is -0.194. The predicted molar refractivity (Wildman–Crippen MR) is 86.9 cm³/mol. The molecular weight excluding hydrogens is 288 g/mol. The number of nitrogens with one attached hydrogen (secondary N) is 1. The molecule has 0 aliphatic carbocycles. The summed E-state index contributed by atoms with van der Waals surface area (Å²) in [6.07, 6.45) is 0. The van der Waals surface area contributed by atoms with Gasteiger partial charge in [0.15, 0.2) is 0 Å². The van der Waals surface area contributed by atoms with Gasteiger partial charge in [-0.3, -0.25) is 4.79 Å². The van der Waals surface area contributed by atoms with Gasteiger partial charge in [0.1, 0.15) is 16.8 Å². The van der Waals surface area contributed by atoms with Crippen LogP contribution >= 0.6 is 11.6 Å². The Morgan fingerprint density at radius 2 is 2.00 bits per heavy atom. The molecule has 6 heteroatoms. The molecule has 5 nitrogen and oxygen atoms in total. The molecule has 0 unspecified atom stereocenters. The quantitative estimate of drug-likeness (QED) is 0.849. The Kier molecular flexibility index (Phi) is 5.96. The summed E-state index contributed by atoms with van der Waals surface area (Å²) in [6.45, 7) is 11.1. The Labute approximate surface area is 132 Å². The van der Waals surface area contributed by atoms with E-state index in [1.807, 2.05) is 27.8 Å². The minimum Gasteiger partial charge on any atom is -0.354 e. The molecule has 1 aromatic heterocycles. The maximum Gasteiger partial charge on any atom is 0.239 e. The van der Waals surface area contributed by atoms with E-state index in [9.17, 15) is 4.79 Å². The van der Waals surface area contributed by atoms with Crippen LogP contribution in [0.3, 0.4) is 0 Å². The Morgan fingerprint density at radius 3 is 2.52 bits per heavy atom. The second-order valence-corrected chi connectivity index (χ2v) is 7.06. The van der Waals surface area contributed by atoms with Crippen molar-refractivity contribution in [3.05, 3.63) is 17.0 Å². The molecule has 0 radical (unpaired) electrons. The van der Waals surface area contributed by atoms with Crippen LogP contribution in [0.1, 0.15) is 40.4 Å². The minimum atomic E-state index is -0.194. The maximum atomic E-state index is 11.9. The summed E-state index contributed by atoms with van der Waals surface area (Å²) in [7, 11) is 1.82. The number of amides is 1. The van der Waals surface area contributed by atoms with Crippen molar-refractivity contribution in [2.24, 2.45) is 5.92 Å². The van der Waals surface area contributed by atoms with Gasteiger partial charge in [-0.05, 0) is 5.92 Å². The Balaban J connectivity index is 2.80. The predicted octanol–water partition coefficient (Wildman–Crippen LogP) is 2.64. The average Bonchev–Trinajstić information content (AvgIpc) is 2.34. The van der Waals surface area contributed by atoms with Crippen LogP contribution in [-0.4, -0.2) is 36.0 Å². The Bertz CT molecular complexity index is 497. The summed E-state index contributed by atoms with van der Waals surface area (Å²) >= 11 is 6.06. The fourth-order valence-corrected chi connectivity index (χ4v) is 1.78. The van der Waals surface area contributed by atoms with Gasteiger partial charge in [-0.2, -0.15) is 0 Å². The summed E-state index contributed by atoms with van der Waals surface area (Å²) in [5.74, 6) is 1.72. The van der Waals surface area contributed by atoms with Crippen LogP contribution < -0.4 is 10.2 Å². The van der Waals surface area contributed by atoms with Crippen LogP contribution in [0.2, 0.25) is 5.15 Å². The standard InChI is InChI=1S/C15H25ClN4O/c1-10(2)8-17-13(21)9-20(6)12-7-11(16)18-14(19-12)15(3,4)5/h7,10H,8-9H2,1-6H3,(H,17,21). The van der Waals surface area contributed by atoms with E-state index in [2.05, 4.69) is 29.1 Å². The van der Waals surface area contributed by atoms with E-state index in [1.54, 1.807) is 11.0 Å². The minimum absolute atomic E-state index is 0.0294. The molecule has 1 heterocycles. The lowest BCUT2D eigenvalue weighted by molar-refractivity contribution is -0.119. The number of rotatable bonds is 5. The van der Waals surface area contributed by atoms with E-state index >= 15 is 0 Å². The zero-order valence-electron chi connectivity index (χ0n) is 13.7. The Morgan fingerprint density at radius 1 is 1.38 bits per heavy atom. The lowest BCUT2D eigenvalue weighted by Crippen LogP contribution is -2.37. The van der Waals surface area contributed by atoms with E-state index in [-0.39, 0.29) is 17.9 Å². The molecule has 0 spiro atoms. The van der Waals surface area contributed by atoms with E-state index in [0.29, 0.717) is 29.3 Å². The number of nitrogens with zero attached hydrogens (tertiary/aromatic N) is 3. The van der Waals surface area contributed by atoms with Crippen molar-refractivity contribution in [3.63, 3.8) is 0 Å². The number of carbonyl (C=O) groups is 1. The number of hydrogen-bond acceptors (Lipinski definition) is 4. The fraction of sp³-hybridized carbons (Fsp3) is 0.667. The van der Waals surface area contributed by atoms with Crippen LogP contribution in [0, 0.1) is 5.92 Å². The van der Waals surface area contributed by atoms with E-state index in [4.69, 9.17) is 11.6 Å². The first-order valence-electron chi connectivity index (χ1n) is 7.12. The third kappa shape index (κ3) is 5.87. The molecule has 0 aliphatic heterocycles. The molecule has 1 aromatic rings. The highest BCUT2D eigenvalue weighted by molar-refractivity contribution is 6.29. The molecule has 118 valence electrons. The summed E-state index contributed by atoms with van der Waals surface area (Å²) < 4.78 is 0. The van der Waals surface area contributed by atoms with Crippen LogP contribution in [0.25, 0.3) is 0 Å². The number of anilines is 1. The first-order chi connectivity index (χ1) is 9.59. The molecule has 1 rings (SSSR count). The summed E-state index contributed by atoms with van der Waals surface area (Å²) in [4.78, 5) is 22.4. The van der Waals surface area contributed by atoms with Crippen molar-refractivity contribution in [3.8, 4) is 0 Å². The highest BCUT2D eigenvalue weighted by Gasteiger charge is 2.20. The van der Waals surface area contributed by atoms with Crippen LogP contribution in [0.4, 0.5) is 5.82 Å². The van der Waals surface area contributed by atoms with Crippen molar-refractivity contribution in [2.75, 3.05) is 25.0 Å². The zero-order chi connectivity index (χ0) is 16.2. The summed E-state index contributed by atoms with van der Waals surface area (Å²) in [6, 6.07) is 1.67. The van der Waals surface area contributed by atoms with Crippen LogP contribution in [0.15, 0.2) is 6.07 Å². The molecule has 0 saturated heterocycles. The van der Waals surface area contributed by atoms with Gasteiger partial charge in [-0.1, -0.05) is 46.2 Å². The number of halogens is 1.